The highest BCUT2D eigenvalue weighted by Crippen LogP contribution is 2.14. The van der Waals surface area contributed by atoms with Gasteiger partial charge in [0.2, 0.25) is 0 Å². The average Bonchev–Trinajstić information content (AvgIpc) is 2.64. The SMILES string of the molecule is CC(C)c1ccc(CC=O)cc1.CCCCCCCCCCCCC=O. The highest BCUT2D eigenvalue weighted by atomic mass is 16.1. The van der Waals surface area contributed by atoms with E-state index in [-0.39, 0.29) is 0 Å². The van der Waals surface area contributed by atoms with Crippen molar-refractivity contribution in [2.45, 2.75) is 104 Å². The highest BCUT2D eigenvalue weighted by molar-refractivity contribution is 5.54. The number of carbonyl (C=O) groups is 2. The molecule has 148 valence electrons. The summed E-state index contributed by atoms with van der Waals surface area (Å²) >= 11 is 0. The Bertz CT molecular complexity index is 434. The summed E-state index contributed by atoms with van der Waals surface area (Å²) in [6, 6.07) is 8.21. The van der Waals surface area contributed by atoms with Crippen molar-refractivity contribution in [3.8, 4) is 0 Å². The van der Waals surface area contributed by atoms with E-state index >= 15 is 0 Å². The molecule has 0 unspecified atom stereocenters. The summed E-state index contributed by atoms with van der Waals surface area (Å²) in [7, 11) is 0. The van der Waals surface area contributed by atoms with Crippen LogP contribution in [0.4, 0.5) is 0 Å². The highest BCUT2D eigenvalue weighted by Gasteiger charge is 1.97. The molecule has 0 atom stereocenters. The van der Waals surface area contributed by atoms with E-state index < -0.39 is 0 Å². The monoisotopic (exact) mass is 360 g/mol. The maximum absolute atomic E-state index is 10.2. The molecule has 1 aromatic carbocycles. The fraction of sp³-hybridized carbons (Fsp3) is 0.667. The van der Waals surface area contributed by atoms with Crippen LogP contribution in [0.2, 0.25) is 0 Å². The number of carbonyl (C=O) groups excluding carboxylic acids is 2. The van der Waals surface area contributed by atoms with Crippen molar-refractivity contribution < 1.29 is 9.59 Å². The molecule has 26 heavy (non-hydrogen) atoms. The normalized spacial score (nSPS) is 10.3. The Hall–Kier alpha value is -1.44. The summed E-state index contributed by atoms with van der Waals surface area (Å²) in [5.74, 6) is 0.565. The van der Waals surface area contributed by atoms with E-state index in [1.54, 1.807) is 0 Å². The Morgan fingerprint density at radius 1 is 0.731 bits per heavy atom. The standard InChI is InChI=1S/C13H26O.C11H14O/c1-2-3-4-5-6-7-8-9-10-11-12-13-14;1-9(2)11-5-3-10(4-6-11)7-8-12/h13H,2-12H2,1H3;3-6,8-9H,7H2,1-2H3. The van der Waals surface area contributed by atoms with E-state index in [0.29, 0.717) is 12.3 Å². The Balaban J connectivity index is 0.000000485. The second-order valence-corrected chi connectivity index (χ2v) is 7.40. The first kappa shape index (κ1) is 24.6. The van der Waals surface area contributed by atoms with Crippen molar-refractivity contribution in [3.63, 3.8) is 0 Å². The fourth-order valence-corrected chi connectivity index (χ4v) is 2.85. The molecule has 0 bridgehead atoms. The number of benzene rings is 1. The minimum absolute atomic E-state index is 0.526. The van der Waals surface area contributed by atoms with Crippen molar-refractivity contribution in [1.82, 2.24) is 0 Å². The molecule has 1 aromatic rings. The zero-order chi connectivity index (χ0) is 19.5. The van der Waals surface area contributed by atoms with Gasteiger partial charge in [0.25, 0.3) is 0 Å². The van der Waals surface area contributed by atoms with Gasteiger partial charge in [0.05, 0.1) is 0 Å². The number of aldehydes is 2. The molecular weight excluding hydrogens is 320 g/mol. The van der Waals surface area contributed by atoms with Crippen LogP contribution < -0.4 is 0 Å². The largest absolute Gasteiger partial charge is 0.303 e. The number of hydrogen-bond donors (Lipinski definition) is 0. The van der Waals surface area contributed by atoms with Gasteiger partial charge in [0.1, 0.15) is 12.6 Å². The van der Waals surface area contributed by atoms with E-state index in [2.05, 4.69) is 32.9 Å². The van der Waals surface area contributed by atoms with Crippen LogP contribution in [0.3, 0.4) is 0 Å². The van der Waals surface area contributed by atoms with Crippen LogP contribution in [-0.2, 0) is 16.0 Å². The Labute approximate surface area is 161 Å². The number of rotatable bonds is 14. The third-order valence-corrected chi connectivity index (χ3v) is 4.64. The molecule has 0 saturated heterocycles. The smallest absolute Gasteiger partial charge is 0.124 e. The Kier molecular flexibility index (Phi) is 17.3. The topological polar surface area (TPSA) is 34.1 Å². The van der Waals surface area contributed by atoms with Gasteiger partial charge in [0.15, 0.2) is 0 Å². The Morgan fingerprint density at radius 2 is 1.23 bits per heavy atom. The lowest BCUT2D eigenvalue weighted by Gasteiger charge is -2.04. The van der Waals surface area contributed by atoms with Crippen molar-refractivity contribution in [2.24, 2.45) is 0 Å². The molecule has 2 nitrogen and oxygen atoms in total. The lowest BCUT2D eigenvalue weighted by Crippen LogP contribution is -1.89. The van der Waals surface area contributed by atoms with Gasteiger partial charge in [-0.15, -0.1) is 0 Å². The van der Waals surface area contributed by atoms with Crippen LogP contribution in [0.1, 0.15) is 108 Å². The predicted molar refractivity (Wildman–Crippen MR) is 113 cm³/mol. The first-order chi connectivity index (χ1) is 12.7. The summed E-state index contributed by atoms with van der Waals surface area (Å²) in [6.07, 6.45) is 16.7. The van der Waals surface area contributed by atoms with Gasteiger partial charge in [-0.3, -0.25) is 0 Å². The molecule has 0 aliphatic heterocycles. The minimum Gasteiger partial charge on any atom is -0.303 e. The zero-order valence-electron chi connectivity index (χ0n) is 17.3. The third kappa shape index (κ3) is 14.9. The molecule has 0 amide bonds. The van der Waals surface area contributed by atoms with Crippen LogP contribution in [0.25, 0.3) is 0 Å². The van der Waals surface area contributed by atoms with E-state index in [4.69, 9.17) is 0 Å². The molecular formula is C24H40O2. The molecule has 0 aromatic heterocycles. The minimum atomic E-state index is 0.526. The maximum Gasteiger partial charge on any atom is 0.124 e. The van der Waals surface area contributed by atoms with Gasteiger partial charge in [-0.25, -0.2) is 0 Å². The zero-order valence-corrected chi connectivity index (χ0v) is 17.3. The summed E-state index contributed by atoms with van der Waals surface area (Å²) in [4.78, 5) is 20.2. The molecule has 0 fully saturated rings. The number of unbranched alkanes of at least 4 members (excludes halogenated alkanes) is 10. The van der Waals surface area contributed by atoms with Crippen molar-refractivity contribution >= 4 is 12.6 Å². The molecule has 0 radical (unpaired) electrons. The van der Waals surface area contributed by atoms with Gasteiger partial charge in [-0.05, 0) is 23.5 Å². The van der Waals surface area contributed by atoms with Crippen LogP contribution >= 0.6 is 0 Å². The van der Waals surface area contributed by atoms with Gasteiger partial charge < -0.3 is 9.59 Å². The molecule has 1 rings (SSSR count). The van der Waals surface area contributed by atoms with Crippen LogP contribution in [-0.4, -0.2) is 12.6 Å². The van der Waals surface area contributed by atoms with E-state index in [1.807, 2.05) is 12.1 Å². The second-order valence-electron chi connectivity index (χ2n) is 7.40. The van der Waals surface area contributed by atoms with E-state index in [1.165, 1.54) is 63.4 Å². The first-order valence-electron chi connectivity index (χ1n) is 10.6. The van der Waals surface area contributed by atoms with Crippen LogP contribution in [0.5, 0.6) is 0 Å². The molecule has 0 spiro atoms. The second kappa shape index (κ2) is 18.4. The maximum atomic E-state index is 10.2. The van der Waals surface area contributed by atoms with Gasteiger partial charge in [0, 0.05) is 12.8 Å². The van der Waals surface area contributed by atoms with E-state index in [0.717, 1.165) is 31.0 Å². The van der Waals surface area contributed by atoms with Gasteiger partial charge in [-0.1, -0.05) is 103 Å². The lowest BCUT2D eigenvalue weighted by molar-refractivity contribution is -0.108. The molecule has 0 aliphatic carbocycles. The molecule has 2 heteroatoms. The van der Waals surface area contributed by atoms with Crippen LogP contribution in [0, 0.1) is 0 Å². The third-order valence-electron chi connectivity index (χ3n) is 4.64. The van der Waals surface area contributed by atoms with Crippen molar-refractivity contribution in [3.05, 3.63) is 35.4 Å². The summed E-state index contributed by atoms with van der Waals surface area (Å²) in [5.41, 5.74) is 2.42. The van der Waals surface area contributed by atoms with Crippen molar-refractivity contribution in [1.29, 1.82) is 0 Å². The lowest BCUT2D eigenvalue weighted by atomic mass is 10.0. The molecule has 0 N–H and O–H groups in total. The predicted octanol–water partition coefficient (Wildman–Crippen LogP) is 7.05. The van der Waals surface area contributed by atoms with Crippen LogP contribution in [0.15, 0.2) is 24.3 Å². The average molecular weight is 361 g/mol. The van der Waals surface area contributed by atoms with Gasteiger partial charge in [-0.2, -0.15) is 0 Å². The quantitative estimate of drug-likeness (QED) is 0.263. The van der Waals surface area contributed by atoms with Gasteiger partial charge >= 0.3 is 0 Å². The number of hydrogen-bond acceptors (Lipinski definition) is 2. The molecule has 0 saturated carbocycles. The Morgan fingerprint density at radius 3 is 1.65 bits per heavy atom. The molecule has 0 aliphatic rings. The van der Waals surface area contributed by atoms with E-state index in [9.17, 15) is 9.59 Å². The van der Waals surface area contributed by atoms with Crippen molar-refractivity contribution in [2.75, 3.05) is 0 Å². The summed E-state index contributed by atoms with van der Waals surface area (Å²) in [5, 5.41) is 0. The fourth-order valence-electron chi connectivity index (χ4n) is 2.85. The molecule has 0 heterocycles. The first-order valence-corrected chi connectivity index (χ1v) is 10.6. The summed E-state index contributed by atoms with van der Waals surface area (Å²) in [6.45, 7) is 6.58. The summed E-state index contributed by atoms with van der Waals surface area (Å²) < 4.78 is 0.